The average molecular weight is 688 g/mol. The van der Waals surface area contributed by atoms with Crippen molar-refractivity contribution >= 4 is 25.9 Å². The third-order valence-corrected chi connectivity index (χ3v) is 13.7. The van der Waals surface area contributed by atoms with E-state index >= 15 is 0 Å². The van der Waals surface area contributed by atoms with Crippen LogP contribution >= 0.6 is 0 Å². The van der Waals surface area contributed by atoms with E-state index in [0.717, 1.165) is 31.1 Å². The highest BCUT2D eigenvalue weighted by atomic mass is 32.2. The molecule has 5 rings (SSSR count). The minimum absolute atomic E-state index is 0.0693. The zero-order valence-corrected chi connectivity index (χ0v) is 29.8. The van der Waals surface area contributed by atoms with Crippen LogP contribution in [-0.2, 0) is 20.2 Å². The van der Waals surface area contributed by atoms with Crippen molar-refractivity contribution in [2.75, 3.05) is 77.9 Å². The lowest BCUT2D eigenvalue weighted by molar-refractivity contribution is 0.187. The molecule has 0 N–H and O–H groups in total. The van der Waals surface area contributed by atoms with Gasteiger partial charge < -0.3 is 9.80 Å². The quantitative estimate of drug-likeness (QED) is 0.380. The maximum Gasteiger partial charge on any atom is 0.282 e. The number of hydrogen-bond acceptors (Lipinski definition) is 8. The summed E-state index contributed by atoms with van der Waals surface area (Å²) in [6, 6.07) is 8.72. The zero-order valence-electron chi connectivity index (χ0n) is 28.2. The lowest BCUT2D eigenvalue weighted by Gasteiger charge is -2.36. The Morgan fingerprint density at radius 3 is 1.96 bits per heavy atom. The Balaban J connectivity index is 1.34. The van der Waals surface area contributed by atoms with Gasteiger partial charge in [-0.1, -0.05) is 25.8 Å². The molecule has 260 valence electrons. The fraction of sp³-hybridized carbons (Fsp3) is 0.647. The number of hydrogen-bond donors (Lipinski definition) is 0. The molecule has 3 aliphatic rings. The van der Waals surface area contributed by atoms with Crippen molar-refractivity contribution in [3.8, 4) is 0 Å². The van der Waals surface area contributed by atoms with E-state index in [9.17, 15) is 16.8 Å². The predicted octanol–water partition coefficient (Wildman–Crippen LogP) is 4.19. The van der Waals surface area contributed by atoms with Crippen LogP contribution in [0.25, 0.3) is 0 Å². The van der Waals surface area contributed by atoms with Gasteiger partial charge in [0.1, 0.15) is 5.82 Å². The summed E-state index contributed by atoms with van der Waals surface area (Å²) in [6.07, 6.45) is 12.5. The van der Waals surface area contributed by atoms with Crippen LogP contribution in [0.3, 0.4) is 0 Å². The number of sulfonamides is 1. The third-order valence-electron chi connectivity index (χ3n) is 9.85. The third kappa shape index (κ3) is 9.39. The van der Waals surface area contributed by atoms with Crippen LogP contribution in [0.4, 0.5) is 5.69 Å². The maximum absolute atomic E-state index is 14.2. The summed E-state index contributed by atoms with van der Waals surface area (Å²) in [6.45, 7) is 8.41. The monoisotopic (exact) mass is 687 g/mol. The van der Waals surface area contributed by atoms with Gasteiger partial charge in [0.15, 0.2) is 0 Å². The standard InChI is InChI=1S/C34H53N7O4S2/c1-29-26-40(46(42,43)33-14-12-32(13-15-33)37(2)3)22-8-20-38(28-30-10-5-4-6-11-30)21-9-23-41(27-29)47(44,45)39-24-16-31(17-25-39)34-35-18-7-19-36-34/h7,12-15,18-19,30-31H,1,4-6,8-11,16-17,20-28H2,2-3H3. The van der Waals surface area contributed by atoms with E-state index in [2.05, 4.69) is 21.4 Å². The maximum atomic E-state index is 14.2. The van der Waals surface area contributed by atoms with E-state index in [4.69, 9.17) is 0 Å². The fourth-order valence-corrected chi connectivity index (χ4v) is 10.4. The Morgan fingerprint density at radius 2 is 1.34 bits per heavy atom. The van der Waals surface area contributed by atoms with Crippen molar-refractivity contribution in [1.29, 1.82) is 0 Å². The molecule has 2 aliphatic heterocycles. The van der Waals surface area contributed by atoms with Gasteiger partial charge in [-0.15, -0.1) is 0 Å². The van der Waals surface area contributed by atoms with Crippen LogP contribution in [0.15, 0.2) is 59.8 Å². The molecule has 1 saturated carbocycles. The van der Waals surface area contributed by atoms with Gasteiger partial charge in [-0.3, -0.25) is 0 Å². The lowest BCUT2D eigenvalue weighted by Crippen LogP contribution is -2.49. The Morgan fingerprint density at radius 1 is 0.745 bits per heavy atom. The van der Waals surface area contributed by atoms with E-state index in [1.807, 2.05) is 31.1 Å². The van der Waals surface area contributed by atoms with Gasteiger partial charge in [0.2, 0.25) is 10.0 Å². The van der Waals surface area contributed by atoms with Crippen molar-refractivity contribution in [2.24, 2.45) is 5.92 Å². The zero-order chi connectivity index (χ0) is 33.4. The minimum Gasteiger partial charge on any atom is -0.378 e. The molecule has 13 heteroatoms. The second-order valence-electron chi connectivity index (χ2n) is 13.6. The van der Waals surface area contributed by atoms with E-state index in [1.165, 1.54) is 40.7 Å². The molecule has 0 bridgehead atoms. The molecule has 2 aromatic rings. The Kier molecular flexibility index (Phi) is 12.5. The summed E-state index contributed by atoms with van der Waals surface area (Å²) in [5.74, 6) is 1.53. The minimum atomic E-state index is -3.83. The van der Waals surface area contributed by atoms with Crippen molar-refractivity contribution < 1.29 is 16.8 Å². The second kappa shape index (κ2) is 16.3. The average Bonchev–Trinajstić information content (AvgIpc) is 3.07. The number of benzene rings is 1. The number of rotatable bonds is 8. The van der Waals surface area contributed by atoms with Gasteiger partial charge in [0.05, 0.1) is 4.90 Å². The summed E-state index contributed by atoms with van der Waals surface area (Å²) >= 11 is 0. The summed E-state index contributed by atoms with van der Waals surface area (Å²) < 4.78 is 60.9. The number of nitrogens with zero attached hydrogens (tertiary/aromatic N) is 7. The van der Waals surface area contributed by atoms with E-state index < -0.39 is 20.2 Å². The molecule has 11 nitrogen and oxygen atoms in total. The molecule has 0 radical (unpaired) electrons. The van der Waals surface area contributed by atoms with Gasteiger partial charge in [0.25, 0.3) is 10.2 Å². The first-order chi connectivity index (χ1) is 22.5. The molecular formula is C34H53N7O4S2. The number of anilines is 1. The topological polar surface area (TPSA) is 110 Å². The van der Waals surface area contributed by atoms with Crippen molar-refractivity contribution in [1.82, 2.24) is 27.8 Å². The van der Waals surface area contributed by atoms with Gasteiger partial charge in [-0.2, -0.15) is 21.3 Å². The summed E-state index contributed by atoms with van der Waals surface area (Å²) in [4.78, 5) is 13.4. The lowest BCUT2D eigenvalue weighted by atomic mass is 9.89. The highest BCUT2D eigenvalue weighted by Gasteiger charge is 2.35. The Bertz CT molecular complexity index is 1510. The highest BCUT2D eigenvalue weighted by Crippen LogP contribution is 2.29. The molecule has 1 aromatic heterocycles. The van der Waals surface area contributed by atoms with Gasteiger partial charge >= 0.3 is 0 Å². The molecule has 0 atom stereocenters. The van der Waals surface area contributed by atoms with E-state index in [1.54, 1.807) is 34.9 Å². The first kappa shape index (κ1) is 35.9. The van der Waals surface area contributed by atoms with Crippen LogP contribution in [-0.4, -0.2) is 118 Å². The molecule has 0 spiro atoms. The molecule has 3 fully saturated rings. The molecule has 0 amide bonds. The smallest absolute Gasteiger partial charge is 0.282 e. The predicted molar refractivity (Wildman–Crippen MR) is 187 cm³/mol. The van der Waals surface area contributed by atoms with Crippen LogP contribution in [0.2, 0.25) is 0 Å². The van der Waals surface area contributed by atoms with Crippen molar-refractivity contribution in [2.45, 2.75) is 68.6 Å². The molecule has 47 heavy (non-hydrogen) atoms. The molecular weight excluding hydrogens is 635 g/mol. The Labute approximate surface area is 282 Å². The molecule has 3 heterocycles. The first-order valence-corrected chi connectivity index (χ1v) is 20.1. The van der Waals surface area contributed by atoms with Gasteiger partial charge in [-0.05, 0) is 93.4 Å². The summed E-state index contributed by atoms with van der Waals surface area (Å²) in [7, 11) is -3.79. The first-order valence-electron chi connectivity index (χ1n) is 17.2. The Hall–Kier alpha value is -2.42. The van der Waals surface area contributed by atoms with Crippen LogP contribution in [0.5, 0.6) is 0 Å². The van der Waals surface area contributed by atoms with Gasteiger partial charge in [-0.25, -0.2) is 18.4 Å². The fourth-order valence-electron chi connectivity index (χ4n) is 7.17. The highest BCUT2D eigenvalue weighted by molar-refractivity contribution is 7.89. The largest absolute Gasteiger partial charge is 0.378 e. The number of piperidine rings is 1. The molecule has 1 aromatic carbocycles. The number of aromatic nitrogens is 2. The van der Waals surface area contributed by atoms with Crippen LogP contribution in [0, 0.1) is 5.92 Å². The van der Waals surface area contributed by atoms with E-state index in [0.29, 0.717) is 63.4 Å². The van der Waals surface area contributed by atoms with Crippen molar-refractivity contribution in [3.05, 3.63) is 60.7 Å². The summed E-state index contributed by atoms with van der Waals surface area (Å²) in [5.41, 5.74) is 1.48. The second-order valence-corrected chi connectivity index (χ2v) is 17.5. The normalized spacial score (nSPS) is 22.0. The SMILES string of the molecule is C=C1CN(S(=O)(=O)c2ccc(N(C)C)cc2)CCCN(CC2CCCCC2)CCCN(S(=O)(=O)N2CCC(c3ncccn3)CC2)C1. The molecule has 1 aliphatic carbocycles. The van der Waals surface area contributed by atoms with Crippen LogP contribution in [0.1, 0.15) is 69.5 Å². The molecule has 2 saturated heterocycles. The summed E-state index contributed by atoms with van der Waals surface area (Å²) in [5, 5.41) is 0. The molecule has 0 unspecified atom stereocenters. The van der Waals surface area contributed by atoms with Crippen molar-refractivity contribution in [3.63, 3.8) is 0 Å². The van der Waals surface area contributed by atoms with Crippen LogP contribution < -0.4 is 4.90 Å². The van der Waals surface area contributed by atoms with E-state index in [-0.39, 0.29) is 23.9 Å². The van der Waals surface area contributed by atoms with Gasteiger partial charge in [0, 0.05) is 83.9 Å².